The second-order valence-corrected chi connectivity index (χ2v) is 9.01. The molecule has 0 spiro atoms. The summed E-state index contributed by atoms with van der Waals surface area (Å²) in [6.45, 7) is 7.92. The van der Waals surface area contributed by atoms with E-state index in [9.17, 15) is 4.79 Å². The summed E-state index contributed by atoms with van der Waals surface area (Å²) in [6.07, 6.45) is 5.11. The number of Topliss-reactive ketones (excluding diaryl/α,β-unsaturated/α-hetero) is 1. The molecule has 0 radical (unpaired) electrons. The van der Waals surface area contributed by atoms with Crippen LogP contribution in [-0.2, 0) is 11.2 Å². The van der Waals surface area contributed by atoms with Gasteiger partial charge in [-0.1, -0.05) is 62.7 Å². The van der Waals surface area contributed by atoms with Crippen LogP contribution >= 0.6 is 0 Å². The van der Waals surface area contributed by atoms with Crippen molar-refractivity contribution in [3.8, 4) is 0 Å². The molecule has 0 bridgehead atoms. The Morgan fingerprint density at radius 1 is 1.19 bits per heavy atom. The molecule has 4 nitrogen and oxygen atoms in total. The smallest absolute Gasteiger partial charge is 0.161 e. The molecule has 4 heteroatoms. The first kappa shape index (κ1) is 23.5. The molecule has 0 aliphatic carbocycles. The Hall–Kier alpha value is -2.17. The van der Waals surface area contributed by atoms with Crippen LogP contribution in [0.3, 0.4) is 0 Å². The number of unbranched alkanes of at least 4 members (excludes halogenated alkanes) is 1. The Bertz CT molecular complexity index is 838. The highest BCUT2D eigenvalue weighted by atomic mass is 16.5. The third kappa shape index (κ3) is 5.75. The highest BCUT2D eigenvalue weighted by molar-refractivity contribution is 5.99. The Morgan fingerprint density at radius 2 is 1.90 bits per heavy atom. The van der Waals surface area contributed by atoms with Crippen LogP contribution in [0.2, 0.25) is 0 Å². The fraction of sp³-hybridized carbons (Fsp3) is 0.519. The predicted octanol–water partition coefficient (Wildman–Crippen LogP) is 5.79. The molecule has 3 rings (SSSR count). The zero-order chi connectivity index (χ0) is 22.3. The van der Waals surface area contributed by atoms with Gasteiger partial charge in [0.05, 0.1) is 6.04 Å². The summed E-state index contributed by atoms with van der Waals surface area (Å²) in [5.41, 5.74) is 2.42. The highest BCUT2D eigenvalue weighted by Gasteiger charge is 2.47. The topological polar surface area (TPSA) is 41.6 Å². The van der Waals surface area contributed by atoms with Crippen LogP contribution in [0, 0.1) is 5.92 Å². The number of benzene rings is 2. The summed E-state index contributed by atoms with van der Waals surface area (Å²) in [5, 5.41) is 3.77. The number of para-hydroxylation sites is 1. The second-order valence-electron chi connectivity index (χ2n) is 9.01. The minimum absolute atomic E-state index is 0.0739. The second kappa shape index (κ2) is 10.9. The summed E-state index contributed by atoms with van der Waals surface area (Å²) in [5.74, 6) is 0.455. The van der Waals surface area contributed by atoms with Gasteiger partial charge in [0.1, 0.15) is 0 Å². The van der Waals surface area contributed by atoms with E-state index in [1.54, 1.807) is 6.92 Å². The van der Waals surface area contributed by atoms with Crippen molar-refractivity contribution in [2.45, 2.75) is 64.6 Å². The van der Waals surface area contributed by atoms with Gasteiger partial charge in [-0.3, -0.25) is 9.69 Å². The van der Waals surface area contributed by atoms with Gasteiger partial charge in [-0.25, -0.2) is 0 Å². The number of nitrogens with zero attached hydrogens (tertiary/aromatic N) is 1. The van der Waals surface area contributed by atoms with Gasteiger partial charge >= 0.3 is 0 Å². The number of hydrogen-bond donors (Lipinski definition) is 1. The van der Waals surface area contributed by atoms with E-state index in [2.05, 4.69) is 61.4 Å². The first-order chi connectivity index (χ1) is 15.0. The molecule has 1 heterocycles. The van der Waals surface area contributed by atoms with Crippen LogP contribution in [0.15, 0.2) is 54.6 Å². The molecule has 1 fully saturated rings. The normalized spacial score (nSPS) is 22.8. The van der Waals surface area contributed by atoms with Gasteiger partial charge in [0.2, 0.25) is 0 Å². The summed E-state index contributed by atoms with van der Waals surface area (Å²) in [7, 11) is 2.21. The molecule has 1 aliphatic rings. The molecule has 0 saturated carbocycles. The van der Waals surface area contributed by atoms with Crippen molar-refractivity contribution < 1.29 is 9.53 Å². The van der Waals surface area contributed by atoms with E-state index in [4.69, 9.17) is 4.74 Å². The number of likely N-dealkylation sites (tertiary alicyclic amines) is 1. The molecule has 31 heavy (non-hydrogen) atoms. The van der Waals surface area contributed by atoms with Crippen LogP contribution in [0.25, 0.3) is 0 Å². The van der Waals surface area contributed by atoms with Gasteiger partial charge in [-0.15, -0.1) is 0 Å². The van der Waals surface area contributed by atoms with Crippen LogP contribution in [0.4, 0.5) is 5.69 Å². The third-order valence-electron chi connectivity index (χ3n) is 6.46. The summed E-state index contributed by atoms with van der Waals surface area (Å²) >= 11 is 0. The van der Waals surface area contributed by atoms with Gasteiger partial charge < -0.3 is 10.1 Å². The number of ketones is 1. The van der Waals surface area contributed by atoms with Gasteiger partial charge in [0.15, 0.2) is 11.5 Å². The Morgan fingerprint density at radius 3 is 2.61 bits per heavy atom. The lowest BCUT2D eigenvalue weighted by molar-refractivity contribution is -0.119. The fourth-order valence-electron chi connectivity index (χ4n) is 5.08. The van der Waals surface area contributed by atoms with E-state index in [-0.39, 0.29) is 11.8 Å². The lowest BCUT2D eigenvalue weighted by Crippen LogP contribution is -2.64. The summed E-state index contributed by atoms with van der Waals surface area (Å²) in [6, 6.07) is 18.7. The maximum Gasteiger partial charge on any atom is 0.161 e. The number of nitrogens with one attached hydrogen (secondary N) is 1. The monoisotopic (exact) mass is 422 g/mol. The predicted molar refractivity (Wildman–Crippen MR) is 129 cm³/mol. The molecule has 2 aromatic rings. The average molecular weight is 423 g/mol. The molecule has 0 aromatic heterocycles. The number of hydrogen-bond acceptors (Lipinski definition) is 4. The fourth-order valence-corrected chi connectivity index (χ4v) is 5.08. The van der Waals surface area contributed by atoms with E-state index in [1.807, 2.05) is 24.3 Å². The van der Waals surface area contributed by atoms with Crippen LogP contribution in [-0.4, -0.2) is 42.6 Å². The lowest BCUT2D eigenvalue weighted by atomic mass is 9.80. The number of piperidine rings is 1. The van der Waals surface area contributed by atoms with Crippen molar-refractivity contribution in [1.29, 1.82) is 0 Å². The number of carbonyl (C=O) groups is 1. The van der Waals surface area contributed by atoms with E-state index < -0.39 is 5.72 Å². The van der Waals surface area contributed by atoms with Crippen LogP contribution in [0.5, 0.6) is 0 Å². The first-order valence-electron chi connectivity index (χ1n) is 11.7. The number of anilines is 1. The third-order valence-corrected chi connectivity index (χ3v) is 6.46. The van der Waals surface area contributed by atoms with Crippen molar-refractivity contribution in [2.75, 3.05) is 25.5 Å². The maximum atomic E-state index is 12.3. The molecular formula is C27H38N2O2. The molecule has 168 valence electrons. The van der Waals surface area contributed by atoms with Crippen molar-refractivity contribution in [3.63, 3.8) is 0 Å². The van der Waals surface area contributed by atoms with E-state index >= 15 is 0 Å². The minimum Gasteiger partial charge on any atom is -0.356 e. The van der Waals surface area contributed by atoms with E-state index in [0.29, 0.717) is 12.5 Å². The molecule has 1 saturated heterocycles. The maximum absolute atomic E-state index is 12.3. The van der Waals surface area contributed by atoms with E-state index in [1.165, 1.54) is 5.56 Å². The van der Waals surface area contributed by atoms with Crippen molar-refractivity contribution in [1.82, 2.24) is 4.90 Å². The van der Waals surface area contributed by atoms with Crippen LogP contribution in [0.1, 0.15) is 62.4 Å². The van der Waals surface area contributed by atoms with Crippen LogP contribution < -0.4 is 5.32 Å². The van der Waals surface area contributed by atoms with Crippen molar-refractivity contribution >= 4 is 11.5 Å². The first-order valence-corrected chi connectivity index (χ1v) is 11.7. The molecule has 0 amide bonds. The molecule has 3 atom stereocenters. The number of ether oxygens (including phenoxy) is 1. The zero-order valence-electron chi connectivity index (χ0n) is 19.6. The zero-order valence-corrected chi connectivity index (χ0v) is 19.6. The van der Waals surface area contributed by atoms with Gasteiger partial charge in [0.25, 0.3) is 0 Å². The molecular weight excluding hydrogens is 384 g/mol. The van der Waals surface area contributed by atoms with Crippen molar-refractivity contribution in [3.05, 3.63) is 65.7 Å². The van der Waals surface area contributed by atoms with Gasteiger partial charge in [-0.2, -0.15) is 0 Å². The summed E-state index contributed by atoms with van der Waals surface area (Å²) in [4.78, 5) is 14.8. The molecule has 2 aromatic carbocycles. The number of carbonyl (C=O) groups excluding carboxylic acids is 1. The lowest BCUT2D eigenvalue weighted by Gasteiger charge is -2.52. The summed E-state index contributed by atoms with van der Waals surface area (Å²) < 4.78 is 6.73. The number of likely N-dealkylation sites (N-methyl/N-ethyl adjacent to an activating group) is 1. The standard InChI is InChI=1S/C27H38N2O2/c1-5-6-19-31-27(28-25-16-11-10-15-24(25)22(3)30)17-12-18-29(4)26(27)21(2)20-23-13-8-7-9-14-23/h7-11,13-16,21,26,28H,5-6,12,17-20H2,1-4H3. The quantitative estimate of drug-likeness (QED) is 0.299. The molecule has 3 unspecified atom stereocenters. The Balaban J connectivity index is 1.96. The van der Waals surface area contributed by atoms with E-state index in [0.717, 1.165) is 49.9 Å². The Kier molecular flexibility index (Phi) is 8.28. The molecule has 1 N–H and O–H groups in total. The molecule has 1 aliphatic heterocycles. The Labute approximate surface area is 188 Å². The SMILES string of the molecule is CCCCOC1(Nc2ccccc2C(C)=O)CCCN(C)C1C(C)Cc1ccccc1. The van der Waals surface area contributed by atoms with Gasteiger partial charge in [-0.05, 0) is 69.8 Å². The van der Waals surface area contributed by atoms with Gasteiger partial charge in [0, 0.05) is 17.9 Å². The number of rotatable bonds is 10. The minimum atomic E-state index is -0.526. The van der Waals surface area contributed by atoms with Crippen molar-refractivity contribution in [2.24, 2.45) is 5.92 Å². The average Bonchev–Trinajstić information content (AvgIpc) is 2.75. The largest absolute Gasteiger partial charge is 0.356 e. The highest BCUT2D eigenvalue weighted by Crippen LogP contribution is 2.38.